The highest BCUT2D eigenvalue weighted by molar-refractivity contribution is 5.84. The van der Waals surface area contributed by atoms with E-state index >= 15 is 0 Å². The highest BCUT2D eigenvalue weighted by Gasteiger charge is 2.40. The van der Waals surface area contributed by atoms with Crippen molar-refractivity contribution in [2.75, 3.05) is 13.7 Å². The summed E-state index contributed by atoms with van der Waals surface area (Å²) >= 11 is 0. The molecule has 3 heterocycles. The Hall–Kier alpha value is -3.78. The minimum absolute atomic E-state index is 0.0457. The van der Waals surface area contributed by atoms with Crippen molar-refractivity contribution < 1.29 is 18.7 Å². The molecule has 2 atom stereocenters. The Morgan fingerprint density at radius 2 is 1.92 bits per heavy atom. The van der Waals surface area contributed by atoms with Crippen molar-refractivity contribution in [3.8, 4) is 23.0 Å². The molecule has 1 aromatic heterocycles. The van der Waals surface area contributed by atoms with Gasteiger partial charge in [0, 0.05) is 18.0 Å². The lowest BCUT2D eigenvalue weighted by Crippen LogP contribution is -2.47. The van der Waals surface area contributed by atoms with Gasteiger partial charge in [0.05, 0.1) is 26.3 Å². The zero-order valence-corrected chi connectivity index (χ0v) is 21.2. The fraction of sp³-hybridized carbons (Fsp3) is 0.357. The van der Waals surface area contributed by atoms with Crippen LogP contribution in [-0.2, 0) is 17.8 Å². The number of oxazole rings is 1. The maximum absolute atomic E-state index is 13.4. The van der Waals surface area contributed by atoms with E-state index in [-0.39, 0.29) is 18.0 Å². The molecular weight excluding hydrogens is 456 g/mol. The number of ether oxygens (including phenoxy) is 2. The number of hydrogen-bond donors (Lipinski definition) is 1. The first-order chi connectivity index (χ1) is 17.5. The van der Waals surface area contributed by atoms with Crippen molar-refractivity contribution in [2.45, 2.75) is 52.2 Å². The fourth-order valence-corrected chi connectivity index (χ4v) is 4.71. The zero-order valence-electron chi connectivity index (χ0n) is 21.2. The number of rotatable bonds is 8. The van der Waals surface area contributed by atoms with E-state index in [0.717, 1.165) is 17.7 Å². The minimum Gasteiger partial charge on any atom is -0.493 e. The van der Waals surface area contributed by atoms with Crippen molar-refractivity contribution in [3.63, 3.8) is 0 Å². The third-order valence-corrected chi connectivity index (χ3v) is 6.79. The summed E-state index contributed by atoms with van der Waals surface area (Å²) in [4.78, 5) is 19.8. The van der Waals surface area contributed by atoms with Crippen LogP contribution in [0.4, 0.5) is 0 Å². The Bertz CT molecular complexity index is 1270. The molecule has 1 fully saturated rings. The summed E-state index contributed by atoms with van der Waals surface area (Å²) in [5.74, 6) is 2.50. The Balaban J connectivity index is 1.29. The summed E-state index contributed by atoms with van der Waals surface area (Å²) in [5, 5.41) is 1.92. The second-order valence-electron chi connectivity index (χ2n) is 9.02. The summed E-state index contributed by atoms with van der Waals surface area (Å²) < 4.78 is 17.0. The number of amides is 1. The maximum atomic E-state index is 13.4. The average Bonchev–Trinajstić information content (AvgIpc) is 3.50. The number of methoxy groups -OCH3 is 1. The van der Waals surface area contributed by atoms with Crippen LogP contribution in [0.1, 0.15) is 48.9 Å². The molecule has 3 aromatic rings. The van der Waals surface area contributed by atoms with Gasteiger partial charge in [0.25, 0.3) is 5.91 Å². The number of nitrogens with one attached hydrogen (secondary N) is 1. The molecule has 2 unspecified atom stereocenters. The first-order valence-corrected chi connectivity index (χ1v) is 12.4. The van der Waals surface area contributed by atoms with E-state index in [9.17, 15) is 4.79 Å². The van der Waals surface area contributed by atoms with Crippen molar-refractivity contribution in [1.29, 1.82) is 0 Å². The van der Waals surface area contributed by atoms with E-state index in [1.54, 1.807) is 12.0 Å². The van der Waals surface area contributed by atoms with Gasteiger partial charge in [-0.15, -0.1) is 0 Å². The first-order valence-electron chi connectivity index (χ1n) is 12.4. The number of carbonyl (C=O) groups is 1. The molecule has 2 aliphatic rings. The number of hydrazine groups is 1. The van der Waals surface area contributed by atoms with E-state index in [0.29, 0.717) is 42.7 Å². The van der Waals surface area contributed by atoms with Gasteiger partial charge in [-0.05, 0) is 56.0 Å². The van der Waals surface area contributed by atoms with Gasteiger partial charge in [-0.1, -0.05) is 31.2 Å². The van der Waals surface area contributed by atoms with Crippen LogP contribution < -0.4 is 14.9 Å². The topological polar surface area (TPSA) is 80.1 Å². The third kappa shape index (κ3) is 4.56. The second kappa shape index (κ2) is 10.1. The van der Waals surface area contributed by atoms with Gasteiger partial charge in [0.15, 0.2) is 11.5 Å². The first kappa shape index (κ1) is 23.9. The van der Waals surface area contributed by atoms with Crippen LogP contribution in [-0.4, -0.2) is 40.6 Å². The lowest BCUT2D eigenvalue weighted by atomic mass is 9.99. The molecule has 1 saturated heterocycles. The summed E-state index contributed by atoms with van der Waals surface area (Å²) in [5.41, 5.74) is 7.47. The number of aromatic nitrogens is 1. The van der Waals surface area contributed by atoms with Gasteiger partial charge in [-0.25, -0.2) is 10.4 Å². The molecule has 2 aliphatic heterocycles. The molecule has 2 aromatic carbocycles. The lowest BCUT2D eigenvalue weighted by molar-refractivity contribution is -0.135. The molecule has 1 N–H and O–H groups in total. The number of aryl methyl sites for hydroxylation is 2. The van der Waals surface area contributed by atoms with Crippen molar-refractivity contribution in [2.24, 2.45) is 0 Å². The van der Waals surface area contributed by atoms with E-state index in [1.807, 2.05) is 49.5 Å². The van der Waals surface area contributed by atoms with Crippen molar-refractivity contribution in [1.82, 2.24) is 20.3 Å². The molecule has 0 bridgehead atoms. The number of nitrogens with zero attached hydrogens (tertiary/aromatic N) is 3. The molecule has 1 amide bonds. The van der Waals surface area contributed by atoms with Crippen LogP contribution in [0.15, 0.2) is 59.3 Å². The average molecular weight is 489 g/mol. The van der Waals surface area contributed by atoms with Crippen LogP contribution in [0.25, 0.3) is 11.5 Å². The second-order valence-corrected chi connectivity index (χ2v) is 9.02. The van der Waals surface area contributed by atoms with Crippen LogP contribution >= 0.6 is 0 Å². The van der Waals surface area contributed by atoms with Gasteiger partial charge in [-0.3, -0.25) is 4.79 Å². The minimum atomic E-state index is -0.257. The number of hydrogen-bond acceptors (Lipinski definition) is 7. The van der Waals surface area contributed by atoms with Crippen LogP contribution in [0.5, 0.6) is 11.5 Å². The van der Waals surface area contributed by atoms with Gasteiger partial charge in [0.1, 0.15) is 17.5 Å². The largest absolute Gasteiger partial charge is 0.493 e. The normalized spacial score (nSPS) is 19.1. The highest BCUT2D eigenvalue weighted by atomic mass is 16.5. The van der Waals surface area contributed by atoms with Gasteiger partial charge in [0.2, 0.25) is 5.89 Å². The molecule has 8 nitrogen and oxygen atoms in total. The number of carbonyl (C=O) groups excluding carboxylic acids is 1. The van der Waals surface area contributed by atoms with Crippen molar-refractivity contribution in [3.05, 3.63) is 77.4 Å². The molecule has 0 saturated carbocycles. The van der Waals surface area contributed by atoms with Crippen molar-refractivity contribution >= 4 is 5.91 Å². The Morgan fingerprint density at radius 3 is 2.64 bits per heavy atom. The highest BCUT2D eigenvalue weighted by Crippen LogP contribution is 2.34. The Labute approximate surface area is 211 Å². The third-order valence-electron chi connectivity index (χ3n) is 6.79. The summed E-state index contributed by atoms with van der Waals surface area (Å²) in [7, 11) is 1.61. The predicted octanol–water partition coefficient (Wildman–Crippen LogP) is 4.75. The van der Waals surface area contributed by atoms with E-state index in [1.165, 1.54) is 11.1 Å². The van der Waals surface area contributed by atoms with Gasteiger partial charge in [-0.2, -0.15) is 0 Å². The van der Waals surface area contributed by atoms with E-state index in [4.69, 9.17) is 18.9 Å². The molecule has 188 valence electrons. The Kier molecular flexibility index (Phi) is 6.69. The molecule has 0 spiro atoms. The fourth-order valence-electron chi connectivity index (χ4n) is 4.71. The molecule has 8 heteroatoms. The molecule has 0 aliphatic carbocycles. The van der Waals surface area contributed by atoms with Crippen LogP contribution in [0.2, 0.25) is 0 Å². The lowest BCUT2D eigenvalue weighted by Gasteiger charge is -2.31. The monoisotopic (exact) mass is 488 g/mol. The number of benzene rings is 2. The van der Waals surface area contributed by atoms with E-state index < -0.39 is 0 Å². The van der Waals surface area contributed by atoms with Gasteiger partial charge < -0.3 is 23.8 Å². The smallest absolute Gasteiger partial charge is 0.251 e. The molecule has 5 rings (SSSR count). The molecule has 36 heavy (non-hydrogen) atoms. The number of fused-ring (bicyclic) bond motifs is 1. The van der Waals surface area contributed by atoms with E-state index in [2.05, 4.69) is 36.6 Å². The zero-order chi connectivity index (χ0) is 25.2. The predicted molar refractivity (Wildman–Crippen MR) is 136 cm³/mol. The summed E-state index contributed by atoms with van der Waals surface area (Å²) in [6.07, 6.45) is 5.46. The SMILES string of the molecule is CCOc1ccc(-c2nc(CN3C=CN4NC(c5ccc(CC)cc5)CC4C3=O)c(C)o2)cc1OC. The van der Waals surface area contributed by atoms with Crippen LogP contribution in [0, 0.1) is 6.92 Å². The maximum Gasteiger partial charge on any atom is 0.251 e. The summed E-state index contributed by atoms with van der Waals surface area (Å²) in [6.45, 7) is 6.84. The Morgan fingerprint density at radius 1 is 1.11 bits per heavy atom. The van der Waals surface area contributed by atoms with Crippen LogP contribution in [0.3, 0.4) is 0 Å². The quantitative estimate of drug-likeness (QED) is 0.490. The standard InChI is InChI=1S/C28H32N4O4/c1-5-19-7-9-20(10-8-19)22-16-24-28(33)31(13-14-32(24)30-22)17-23-18(3)36-27(29-23)21-11-12-25(35-6-2)26(15-21)34-4/h7-15,22,24,30H,5-6,16-17H2,1-4H3. The summed E-state index contributed by atoms with van der Waals surface area (Å²) in [6, 6.07) is 14.0. The molecule has 0 radical (unpaired) electrons. The van der Waals surface area contributed by atoms with Gasteiger partial charge >= 0.3 is 0 Å². The molecular formula is C28H32N4O4.